The van der Waals surface area contributed by atoms with Gasteiger partial charge < -0.3 is 5.73 Å². The van der Waals surface area contributed by atoms with Crippen LogP contribution in [0.25, 0.3) is 5.70 Å². The number of hydrogen-bond donors (Lipinski definition) is 1. The highest BCUT2D eigenvalue weighted by Gasteiger charge is 2.18. The molecule has 0 aromatic heterocycles. The van der Waals surface area contributed by atoms with Gasteiger partial charge in [-0.05, 0) is 18.6 Å². The van der Waals surface area contributed by atoms with E-state index in [1.807, 2.05) is 6.07 Å². The lowest BCUT2D eigenvalue weighted by atomic mass is 10.0. The molecule has 0 fully saturated rings. The lowest BCUT2D eigenvalue weighted by Gasteiger charge is -2.05. The standard InChI is InChI=1S/C11H10FN3O2/c1-2-7(6-13)11(14)9-5-8(12)3-4-10(9)15(16)17/h3-5H,2,14H2,1H3/b11-7-. The average Bonchev–Trinajstić information content (AvgIpc) is 2.29. The molecule has 0 spiro atoms. The lowest BCUT2D eigenvalue weighted by Crippen LogP contribution is -2.05. The van der Waals surface area contributed by atoms with Crippen LogP contribution in [0.1, 0.15) is 18.9 Å². The number of nitrogens with zero attached hydrogens (tertiary/aromatic N) is 2. The Morgan fingerprint density at radius 2 is 2.29 bits per heavy atom. The summed E-state index contributed by atoms with van der Waals surface area (Å²) in [5.74, 6) is -0.637. The highest BCUT2D eigenvalue weighted by Crippen LogP contribution is 2.26. The van der Waals surface area contributed by atoms with Gasteiger partial charge in [-0.2, -0.15) is 5.26 Å². The molecule has 0 aliphatic heterocycles. The third kappa shape index (κ3) is 2.58. The Morgan fingerprint density at radius 1 is 1.65 bits per heavy atom. The third-order valence-corrected chi connectivity index (χ3v) is 2.26. The first-order valence-electron chi connectivity index (χ1n) is 4.84. The first kappa shape index (κ1) is 12.6. The van der Waals surface area contributed by atoms with E-state index in [4.69, 9.17) is 11.0 Å². The Morgan fingerprint density at radius 3 is 2.76 bits per heavy atom. The van der Waals surface area contributed by atoms with E-state index in [2.05, 4.69) is 0 Å². The molecule has 0 saturated heterocycles. The van der Waals surface area contributed by atoms with Crippen molar-refractivity contribution in [1.82, 2.24) is 0 Å². The molecule has 88 valence electrons. The normalized spacial score (nSPS) is 11.6. The molecule has 0 saturated carbocycles. The minimum absolute atomic E-state index is 0.0544. The Balaban J connectivity index is 3.50. The van der Waals surface area contributed by atoms with Crippen LogP contribution in [0.4, 0.5) is 10.1 Å². The molecule has 0 amide bonds. The molecule has 0 unspecified atom stereocenters. The van der Waals surface area contributed by atoms with Gasteiger partial charge in [0.1, 0.15) is 5.82 Å². The summed E-state index contributed by atoms with van der Waals surface area (Å²) in [6.45, 7) is 1.69. The third-order valence-electron chi connectivity index (χ3n) is 2.26. The van der Waals surface area contributed by atoms with E-state index in [0.29, 0.717) is 6.42 Å². The summed E-state index contributed by atoms with van der Waals surface area (Å²) in [5.41, 5.74) is 5.42. The summed E-state index contributed by atoms with van der Waals surface area (Å²) < 4.78 is 13.1. The molecule has 0 aliphatic rings. The van der Waals surface area contributed by atoms with Crippen molar-refractivity contribution in [3.05, 3.63) is 45.3 Å². The topological polar surface area (TPSA) is 93.0 Å². The van der Waals surface area contributed by atoms with Gasteiger partial charge in [-0.15, -0.1) is 0 Å². The Hall–Kier alpha value is -2.42. The molecular formula is C11H10FN3O2. The summed E-state index contributed by atoms with van der Waals surface area (Å²) in [7, 11) is 0. The summed E-state index contributed by atoms with van der Waals surface area (Å²) in [6.07, 6.45) is 0.329. The maximum Gasteiger partial charge on any atom is 0.278 e. The van der Waals surface area contributed by atoms with E-state index in [0.717, 1.165) is 18.2 Å². The fourth-order valence-electron chi connectivity index (χ4n) is 1.38. The van der Waals surface area contributed by atoms with Crippen molar-refractivity contribution in [3.8, 4) is 6.07 Å². The van der Waals surface area contributed by atoms with Crippen LogP contribution in [0.5, 0.6) is 0 Å². The number of hydrogen-bond acceptors (Lipinski definition) is 4. The molecule has 0 aliphatic carbocycles. The summed E-state index contributed by atoms with van der Waals surface area (Å²) in [4.78, 5) is 10.1. The quantitative estimate of drug-likeness (QED) is 0.494. The number of nitro benzene ring substituents is 1. The van der Waals surface area contributed by atoms with Gasteiger partial charge in [0.25, 0.3) is 5.69 Å². The van der Waals surface area contributed by atoms with Gasteiger partial charge >= 0.3 is 0 Å². The van der Waals surface area contributed by atoms with Crippen LogP contribution < -0.4 is 5.73 Å². The molecular weight excluding hydrogens is 225 g/mol. The van der Waals surface area contributed by atoms with Crippen LogP contribution in [0.3, 0.4) is 0 Å². The van der Waals surface area contributed by atoms with Crippen molar-refractivity contribution in [2.24, 2.45) is 5.73 Å². The SMILES string of the molecule is CC/C(C#N)=C(/N)c1cc(F)ccc1[N+](=O)[O-]. The Labute approximate surface area is 97.1 Å². The van der Waals surface area contributed by atoms with Crippen LogP contribution in [0.2, 0.25) is 0 Å². The fourth-order valence-corrected chi connectivity index (χ4v) is 1.38. The van der Waals surface area contributed by atoms with Gasteiger partial charge in [0, 0.05) is 6.07 Å². The Kier molecular flexibility index (Phi) is 3.78. The number of rotatable bonds is 3. The molecule has 5 nitrogen and oxygen atoms in total. The Bertz CT molecular complexity index is 532. The zero-order valence-electron chi connectivity index (χ0n) is 9.11. The van der Waals surface area contributed by atoms with Crippen molar-refractivity contribution < 1.29 is 9.31 Å². The highest BCUT2D eigenvalue weighted by molar-refractivity contribution is 5.75. The van der Waals surface area contributed by atoms with Gasteiger partial charge in [0.2, 0.25) is 0 Å². The lowest BCUT2D eigenvalue weighted by molar-refractivity contribution is -0.385. The predicted octanol–water partition coefficient (Wildman–Crippen LogP) is 2.34. The summed E-state index contributed by atoms with van der Waals surface area (Å²) in [6, 6.07) is 4.81. The van der Waals surface area contributed by atoms with Crippen LogP contribution in [0, 0.1) is 27.3 Å². The number of halogens is 1. The van der Waals surface area contributed by atoms with Crippen LogP contribution in [-0.4, -0.2) is 4.92 Å². The van der Waals surface area contributed by atoms with Gasteiger partial charge in [-0.3, -0.25) is 10.1 Å². The molecule has 0 bridgehead atoms. The van der Waals surface area contributed by atoms with Crippen LogP contribution >= 0.6 is 0 Å². The van der Waals surface area contributed by atoms with Crippen LogP contribution in [0.15, 0.2) is 23.8 Å². The van der Waals surface area contributed by atoms with E-state index in [9.17, 15) is 14.5 Å². The van der Waals surface area contributed by atoms with E-state index in [-0.39, 0.29) is 22.5 Å². The zero-order chi connectivity index (χ0) is 13.0. The second-order valence-electron chi connectivity index (χ2n) is 3.28. The zero-order valence-corrected chi connectivity index (χ0v) is 9.11. The molecule has 6 heteroatoms. The van der Waals surface area contributed by atoms with Crippen molar-refractivity contribution in [2.75, 3.05) is 0 Å². The van der Waals surface area contributed by atoms with Gasteiger partial charge in [-0.1, -0.05) is 6.92 Å². The largest absolute Gasteiger partial charge is 0.397 e. The second-order valence-corrected chi connectivity index (χ2v) is 3.28. The first-order valence-corrected chi connectivity index (χ1v) is 4.84. The monoisotopic (exact) mass is 235 g/mol. The predicted molar refractivity (Wildman–Crippen MR) is 60.1 cm³/mol. The molecule has 0 radical (unpaired) electrons. The first-order chi connectivity index (χ1) is 8.01. The van der Waals surface area contributed by atoms with Crippen LogP contribution in [-0.2, 0) is 0 Å². The van der Waals surface area contributed by atoms with Crippen molar-refractivity contribution >= 4 is 11.4 Å². The number of benzene rings is 1. The molecule has 1 aromatic carbocycles. The number of nitrogens with two attached hydrogens (primary N) is 1. The molecule has 0 heterocycles. The number of allylic oxidation sites excluding steroid dienone is 1. The molecule has 1 aromatic rings. The minimum atomic E-state index is -0.660. The molecule has 2 N–H and O–H groups in total. The van der Waals surface area contributed by atoms with Crippen molar-refractivity contribution in [2.45, 2.75) is 13.3 Å². The number of nitriles is 1. The van der Waals surface area contributed by atoms with E-state index < -0.39 is 10.7 Å². The maximum atomic E-state index is 13.1. The molecule has 0 atom stereocenters. The van der Waals surface area contributed by atoms with E-state index in [1.54, 1.807) is 6.92 Å². The maximum absolute atomic E-state index is 13.1. The van der Waals surface area contributed by atoms with E-state index in [1.165, 1.54) is 0 Å². The van der Waals surface area contributed by atoms with Gasteiger partial charge in [0.05, 0.1) is 27.8 Å². The van der Waals surface area contributed by atoms with Crippen molar-refractivity contribution in [1.29, 1.82) is 5.26 Å². The second kappa shape index (κ2) is 5.07. The number of nitro groups is 1. The highest BCUT2D eigenvalue weighted by atomic mass is 19.1. The summed E-state index contributed by atoms with van der Waals surface area (Å²) >= 11 is 0. The molecule has 17 heavy (non-hydrogen) atoms. The average molecular weight is 235 g/mol. The minimum Gasteiger partial charge on any atom is -0.397 e. The molecule has 1 rings (SSSR count). The van der Waals surface area contributed by atoms with E-state index >= 15 is 0 Å². The van der Waals surface area contributed by atoms with Gasteiger partial charge in [-0.25, -0.2) is 4.39 Å². The van der Waals surface area contributed by atoms with Gasteiger partial charge in [0.15, 0.2) is 0 Å². The smallest absolute Gasteiger partial charge is 0.278 e. The van der Waals surface area contributed by atoms with Crippen molar-refractivity contribution in [3.63, 3.8) is 0 Å². The fraction of sp³-hybridized carbons (Fsp3) is 0.182. The summed E-state index contributed by atoms with van der Waals surface area (Å²) in [5, 5.41) is 19.6.